The van der Waals surface area contributed by atoms with Crippen LogP contribution in [0.25, 0.3) is 0 Å². The second kappa shape index (κ2) is 7.78. The van der Waals surface area contributed by atoms with Crippen LogP contribution in [0.3, 0.4) is 0 Å². The zero-order valence-corrected chi connectivity index (χ0v) is 15.5. The first-order valence-electron chi connectivity index (χ1n) is 8.98. The highest BCUT2D eigenvalue weighted by molar-refractivity contribution is 5.68. The van der Waals surface area contributed by atoms with E-state index < -0.39 is 23.4 Å². The summed E-state index contributed by atoms with van der Waals surface area (Å²) in [5.41, 5.74) is -1.28. The number of carboxylic acid groups (broad SMARTS) is 1. The molecule has 0 atom stereocenters. The number of hydrogen-bond donors (Lipinski definition) is 3. The molecule has 2 fully saturated rings. The smallest absolute Gasteiger partial charge is 0.407 e. The number of ether oxygens (including phenoxy) is 1. The van der Waals surface area contributed by atoms with E-state index in [1.165, 1.54) is 4.90 Å². The van der Waals surface area contributed by atoms with Crippen molar-refractivity contribution in [1.82, 2.24) is 15.1 Å². The molecule has 2 amide bonds. The van der Waals surface area contributed by atoms with Gasteiger partial charge >= 0.3 is 12.2 Å². The van der Waals surface area contributed by atoms with E-state index in [0.29, 0.717) is 58.4 Å². The summed E-state index contributed by atoms with van der Waals surface area (Å²) in [4.78, 5) is 26.3. The van der Waals surface area contributed by atoms with Crippen LogP contribution in [0.1, 0.15) is 46.5 Å². The molecule has 25 heavy (non-hydrogen) atoms. The summed E-state index contributed by atoms with van der Waals surface area (Å²) in [6, 6.07) is 0.0268. The Hall–Kier alpha value is -1.54. The van der Waals surface area contributed by atoms with Crippen molar-refractivity contribution in [2.75, 3.05) is 32.7 Å². The summed E-state index contributed by atoms with van der Waals surface area (Å²) in [6.45, 7) is 8.30. The predicted octanol–water partition coefficient (Wildman–Crippen LogP) is 1.48. The van der Waals surface area contributed by atoms with Gasteiger partial charge in [0.05, 0.1) is 5.60 Å². The van der Waals surface area contributed by atoms with Gasteiger partial charge in [0.2, 0.25) is 0 Å². The molecule has 0 bridgehead atoms. The molecule has 8 heteroatoms. The van der Waals surface area contributed by atoms with Crippen molar-refractivity contribution in [1.29, 1.82) is 0 Å². The number of hydrogen-bond acceptors (Lipinski definition) is 5. The third kappa shape index (κ3) is 6.36. The first-order valence-corrected chi connectivity index (χ1v) is 8.98. The number of rotatable bonds is 3. The topological polar surface area (TPSA) is 102 Å². The minimum Gasteiger partial charge on any atom is -0.465 e. The van der Waals surface area contributed by atoms with Crippen molar-refractivity contribution in [3.63, 3.8) is 0 Å². The second-order valence-corrected chi connectivity index (χ2v) is 8.19. The number of piperazine rings is 1. The lowest BCUT2D eigenvalue weighted by Crippen LogP contribution is -2.54. The Morgan fingerprint density at radius 1 is 1.16 bits per heavy atom. The fraction of sp³-hybridized carbons (Fsp3) is 0.882. The maximum Gasteiger partial charge on any atom is 0.407 e. The number of amides is 2. The summed E-state index contributed by atoms with van der Waals surface area (Å²) in [5.74, 6) is 0. The average Bonchev–Trinajstić information content (AvgIpc) is 2.48. The molecule has 1 heterocycles. The van der Waals surface area contributed by atoms with E-state index >= 15 is 0 Å². The molecule has 8 nitrogen and oxygen atoms in total. The minimum atomic E-state index is -0.882. The van der Waals surface area contributed by atoms with Gasteiger partial charge in [0.15, 0.2) is 0 Å². The maximum absolute atomic E-state index is 11.8. The van der Waals surface area contributed by atoms with E-state index in [0.717, 1.165) is 0 Å². The van der Waals surface area contributed by atoms with Crippen LogP contribution in [-0.4, -0.2) is 82.2 Å². The van der Waals surface area contributed by atoms with Gasteiger partial charge < -0.3 is 25.2 Å². The summed E-state index contributed by atoms with van der Waals surface area (Å²) in [5, 5.41) is 22.7. The van der Waals surface area contributed by atoms with E-state index in [2.05, 4.69) is 10.2 Å². The van der Waals surface area contributed by atoms with Crippen molar-refractivity contribution in [2.45, 2.75) is 63.7 Å². The molecule has 144 valence electrons. The summed E-state index contributed by atoms with van der Waals surface area (Å²) in [6.07, 6.45) is 1.37. The number of β-amino-alcohol motifs (C(OH)–C–C–N with tert-alkyl or cyclic N) is 1. The first-order chi connectivity index (χ1) is 11.6. The van der Waals surface area contributed by atoms with Gasteiger partial charge in [0, 0.05) is 38.8 Å². The Morgan fingerprint density at radius 3 is 2.20 bits per heavy atom. The molecule has 1 saturated heterocycles. The Balaban J connectivity index is 1.73. The van der Waals surface area contributed by atoms with Gasteiger partial charge in [-0.1, -0.05) is 0 Å². The highest BCUT2D eigenvalue weighted by Gasteiger charge is 2.36. The molecule has 0 unspecified atom stereocenters. The van der Waals surface area contributed by atoms with Crippen molar-refractivity contribution in [3.05, 3.63) is 0 Å². The van der Waals surface area contributed by atoms with E-state index in [9.17, 15) is 14.7 Å². The highest BCUT2D eigenvalue weighted by Crippen LogP contribution is 2.29. The number of nitrogens with zero attached hydrogens (tertiary/aromatic N) is 2. The van der Waals surface area contributed by atoms with Crippen LogP contribution < -0.4 is 5.32 Å². The Morgan fingerprint density at radius 2 is 1.72 bits per heavy atom. The quantitative estimate of drug-likeness (QED) is 0.707. The van der Waals surface area contributed by atoms with Gasteiger partial charge in [-0.25, -0.2) is 9.59 Å². The number of carbonyl (C=O) groups is 2. The number of carbonyl (C=O) groups excluding carboxylic acids is 1. The number of alkyl carbamates (subject to hydrolysis) is 1. The maximum atomic E-state index is 11.8. The molecule has 1 saturated carbocycles. The fourth-order valence-electron chi connectivity index (χ4n) is 3.45. The molecule has 0 spiro atoms. The summed E-state index contributed by atoms with van der Waals surface area (Å²) >= 11 is 0. The van der Waals surface area contributed by atoms with Crippen LogP contribution in [0.2, 0.25) is 0 Å². The molecule has 0 aromatic rings. The third-order valence-corrected chi connectivity index (χ3v) is 4.80. The SMILES string of the molecule is CC(C)(C)OC(=O)NC1CCC(O)(CN2CCN(C(=O)O)CC2)CC1. The van der Waals surface area contributed by atoms with Crippen LogP contribution in [0.15, 0.2) is 0 Å². The highest BCUT2D eigenvalue weighted by atomic mass is 16.6. The molecule has 3 N–H and O–H groups in total. The first kappa shape index (κ1) is 19.8. The Kier molecular flexibility index (Phi) is 6.16. The molecule has 1 aliphatic carbocycles. The zero-order chi connectivity index (χ0) is 18.7. The molecule has 0 aromatic carbocycles. The molecule has 0 aromatic heterocycles. The molecule has 1 aliphatic heterocycles. The minimum absolute atomic E-state index is 0.0268. The van der Waals surface area contributed by atoms with Crippen molar-refractivity contribution in [3.8, 4) is 0 Å². The average molecular weight is 357 g/mol. The van der Waals surface area contributed by atoms with Gasteiger partial charge in [0.1, 0.15) is 5.60 Å². The molecular weight excluding hydrogens is 326 g/mol. The summed E-state index contributed by atoms with van der Waals surface area (Å²) in [7, 11) is 0. The lowest BCUT2D eigenvalue weighted by atomic mass is 9.81. The fourth-order valence-corrected chi connectivity index (χ4v) is 3.45. The monoisotopic (exact) mass is 357 g/mol. The summed E-state index contributed by atoms with van der Waals surface area (Å²) < 4.78 is 5.27. The van der Waals surface area contributed by atoms with Crippen LogP contribution >= 0.6 is 0 Å². The van der Waals surface area contributed by atoms with Gasteiger partial charge in [-0.15, -0.1) is 0 Å². The largest absolute Gasteiger partial charge is 0.465 e. The van der Waals surface area contributed by atoms with Crippen molar-refractivity contribution in [2.24, 2.45) is 0 Å². The van der Waals surface area contributed by atoms with E-state index in [1.54, 1.807) is 0 Å². The van der Waals surface area contributed by atoms with Crippen LogP contribution in [0.5, 0.6) is 0 Å². The van der Waals surface area contributed by atoms with Crippen molar-refractivity contribution < 1.29 is 24.5 Å². The van der Waals surface area contributed by atoms with Gasteiger partial charge in [0.25, 0.3) is 0 Å². The number of nitrogens with one attached hydrogen (secondary N) is 1. The lowest BCUT2D eigenvalue weighted by Gasteiger charge is -2.42. The standard InChI is InChI=1S/C17H31N3O5/c1-16(2,3)25-14(21)18-13-4-6-17(24,7-5-13)12-19-8-10-20(11-9-19)15(22)23/h13,24H,4-12H2,1-3H3,(H,18,21)(H,22,23). The van der Waals surface area contributed by atoms with Crippen molar-refractivity contribution >= 4 is 12.2 Å². The Bertz CT molecular complexity index is 475. The van der Waals surface area contributed by atoms with E-state index in [1.807, 2.05) is 20.8 Å². The molecule has 2 aliphatic rings. The molecule has 2 rings (SSSR count). The second-order valence-electron chi connectivity index (χ2n) is 8.19. The van der Waals surface area contributed by atoms with E-state index in [-0.39, 0.29) is 6.04 Å². The van der Waals surface area contributed by atoms with Crippen LogP contribution in [0.4, 0.5) is 9.59 Å². The van der Waals surface area contributed by atoms with Gasteiger partial charge in [-0.05, 0) is 46.5 Å². The molecular formula is C17H31N3O5. The lowest BCUT2D eigenvalue weighted by molar-refractivity contribution is -0.0401. The van der Waals surface area contributed by atoms with Crippen LogP contribution in [-0.2, 0) is 4.74 Å². The zero-order valence-electron chi connectivity index (χ0n) is 15.5. The predicted molar refractivity (Wildman–Crippen MR) is 92.6 cm³/mol. The molecule has 0 radical (unpaired) electrons. The van der Waals surface area contributed by atoms with Gasteiger partial charge in [-0.2, -0.15) is 0 Å². The normalized spacial score (nSPS) is 28.5. The number of aliphatic hydroxyl groups is 1. The Labute approximate surface area is 149 Å². The third-order valence-electron chi connectivity index (χ3n) is 4.80. The van der Waals surface area contributed by atoms with E-state index in [4.69, 9.17) is 9.84 Å². The van der Waals surface area contributed by atoms with Gasteiger partial charge in [-0.3, -0.25) is 4.90 Å². The van der Waals surface area contributed by atoms with Crippen LogP contribution in [0, 0.1) is 0 Å².